The van der Waals surface area contributed by atoms with E-state index in [0.717, 1.165) is 0 Å². The quantitative estimate of drug-likeness (QED) is 0.595. The average molecular weight is 368 g/mol. The van der Waals surface area contributed by atoms with E-state index in [1.807, 2.05) is 0 Å². The Balaban J connectivity index is 3.23. The van der Waals surface area contributed by atoms with Gasteiger partial charge < -0.3 is 4.74 Å². The second-order valence-electron chi connectivity index (χ2n) is 3.55. The standard InChI is InChI=1S/C12H9BrF3NO2S/c1-2-19-10(18)5-7-3-4-9(13)8(6-17)11(7)20-12(14,15)16/h3-4H,2,5H2,1H3. The first-order valence-corrected chi connectivity index (χ1v) is 7.02. The highest BCUT2D eigenvalue weighted by atomic mass is 79.9. The first-order chi connectivity index (χ1) is 9.28. The van der Waals surface area contributed by atoms with Crippen molar-refractivity contribution < 1.29 is 22.7 Å². The van der Waals surface area contributed by atoms with E-state index in [2.05, 4.69) is 15.9 Å². The maximum absolute atomic E-state index is 12.6. The third-order valence-electron chi connectivity index (χ3n) is 2.16. The lowest BCUT2D eigenvalue weighted by atomic mass is 10.1. The SMILES string of the molecule is CCOC(=O)Cc1ccc(Br)c(C#N)c1SC(F)(F)F. The molecule has 1 aromatic carbocycles. The zero-order chi connectivity index (χ0) is 15.3. The molecule has 0 saturated heterocycles. The molecule has 0 spiro atoms. The van der Waals surface area contributed by atoms with Crippen LogP contribution < -0.4 is 0 Å². The Bertz CT molecular complexity index is 555. The van der Waals surface area contributed by atoms with Gasteiger partial charge in [-0.25, -0.2) is 0 Å². The minimum atomic E-state index is -4.55. The maximum atomic E-state index is 12.6. The molecular weight excluding hydrogens is 359 g/mol. The lowest BCUT2D eigenvalue weighted by Gasteiger charge is -2.13. The molecule has 108 valence electrons. The summed E-state index contributed by atoms with van der Waals surface area (Å²) in [7, 11) is 0. The fourth-order valence-corrected chi connectivity index (χ4v) is 2.76. The summed E-state index contributed by atoms with van der Waals surface area (Å²) >= 11 is 2.62. The normalized spacial score (nSPS) is 11.0. The van der Waals surface area contributed by atoms with Crippen molar-refractivity contribution in [1.82, 2.24) is 0 Å². The number of nitriles is 1. The van der Waals surface area contributed by atoms with Crippen molar-refractivity contribution in [3.05, 3.63) is 27.7 Å². The monoisotopic (exact) mass is 367 g/mol. The summed E-state index contributed by atoms with van der Waals surface area (Å²) < 4.78 is 42.7. The van der Waals surface area contributed by atoms with Gasteiger partial charge in [0.2, 0.25) is 0 Å². The molecule has 1 aromatic rings. The number of carbonyl (C=O) groups is 1. The molecule has 0 aliphatic carbocycles. The van der Waals surface area contributed by atoms with E-state index in [9.17, 15) is 18.0 Å². The van der Waals surface area contributed by atoms with Crippen molar-refractivity contribution >= 4 is 33.7 Å². The van der Waals surface area contributed by atoms with Gasteiger partial charge in [0.1, 0.15) is 6.07 Å². The summed E-state index contributed by atoms with van der Waals surface area (Å²) in [6, 6.07) is 4.52. The van der Waals surface area contributed by atoms with Crippen molar-refractivity contribution in [2.24, 2.45) is 0 Å². The first kappa shape index (κ1) is 16.9. The van der Waals surface area contributed by atoms with Crippen LogP contribution in [0.15, 0.2) is 21.5 Å². The van der Waals surface area contributed by atoms with Crippen LogP contribution in [0, 0.1) is 11.3 Å². The van der Waals surface area contributed by atoms with E-state index in [-0.39, 0.29) is 33.5 Å². The Morgan fingerprint density at radius 1 is 1.50 bits per heavy atom. The molecule has 0 heterocycles. The molecule has 0 amide bonds. The predicted molar refractivity (Wildman–Crippen MR) is 71.1 cm³/mol. The average Bonchev–Trinajstić information content (AvgIpc) is 2.31. The number of alkyl halides is 3. The smallest absolute Gasteiger partial charge is 0.446 e. The first-order valence-electron chi connectivity index (χ1n) is 5.41. The van der Waals surface area contributed by atoms with E-state index in [0.29, 0.717) is 0 Å². The van der Waals surface area contributed by atoms with E-state index >= 15 is 0 Å². The summed E-state index contributed by atoms with van der Waals surface area (Å²) in [5, 5.41) is 8.98. The highest BCUT2D eigenvalue weighted by Gasteiger charge is 2.32. The number of halogens is 4. The molecule has 0 radical (unpaired) electrons. The number of hydrogen-bond acceptors (Lipinski definition) is 4. The van der Waals surface area contributed by atoms with E-state index in [1.165, 1.54) is 12.1 Å². The van der Waals surface area contributed by atoms with Crippen LogP contribution in [-0.2, 0) is 16.0 Å². The van der Waals surface area contributed by atoms with Crippen molar-refractivity contribution in [1.29, 1.82) is 5.26 Å². The van der Waals surface area contributed by atoms with Crippen molar-refractivity contribution in [3.63, 3.8) is 0 Å². The van der Waals surface area contributed by atoms with Gasteiger partial charge in [0.05, 0.1) is 18.6 Å². The van der Waals surface area contributed by atoms with Crippen molar-refractivity contribution in [2.45, 2.75) is 23.7 Å². The molecule has 0 aliphatic rings. The van der Waals surface area contributed by atoms with Gasteiger partial charge in [-0.2, -0.15) is 18.4 Å². The largest absolute Gasteiger partial charge is 0.466 e. The van der Waals surface area contributed by atoms with Gasteiger partial charge in [-0.1, -0.05) is 6.07 Å². The fraction of sp³-hybridized carbons (Fsp3) is 0.333. The number of nitrogens with zero attached hydrogens (tertiary/aromatic N) is 1. The fourth-order valence-electron chi connectivity index (χ4n) is 1.44. The van der Waals surface area contributed by atoms with Gasteiger partial charge in [0, 0.05) is 9.37 Å². The van der Waals surface area contributed by atoms with Crippen LogP contribution in [0.2, 0.25) is 0 Å². The van der Waals surface area contributed by atoms with Crippen LogP contribution in [0.4, 0.5) is 13.2 Å². The zero-order valence-electron chi connectivity index (χ0n) is 10.3. The highest BCUT2D eigenvalue weighted by molar-refractivity contribution is 9.10. The van der Waals surface area contributed by atoms with Crippen LogP contribution in [-0.4, -0.2) is 18.1 Å². The number of benzene rings is 1. The molecule has 3 nitrogen and oxygen atoms in total. The molecule has 20 heavy (non-hydrogen) atoms. The lowest BCUT2D eigenvalue weighted by molar-refractivity contribution is -0.142. The Morgan fingerprint density at radius 2 is 2.15 bits per heavy atom. The minimum Gasteiger partial charge on any atom is -0.466 e. The van der Waals surface area contributed by atoms with Crippen molar-refractivity contribution in [2.75, 3.05) is 6.61 Å². The summed E-state index contributed by atoms with van der Waals surface area (Å²) in [5.41, 5.74) is -4.57. The Kier molecular flexibility index (Phi) is 5.89. The zero-order valence-corrected chi connectivity index (χ0v) is 12.7. The Hall–Kier alpha value is -1.20. The van der Waals surface area contributed by atoms with Crippen LogP contribution in [0.25, 0.3) is 0 Å². The lowest BCUT2D eigenvalue weighted by Crippen LogP contribution is -2.10. The summed E-state index contributed by atoms with van der Waals surface area (Å²) in [6.45, 7) is 1.74. The summed E-state index contributed by atoms with van der Waals surface area (Å²) in [5.74, 6) is -0.636. The van der Waals surface area contributed by atoms with Crippen LogP contribution in [0.3, 0.4) is 0 Å². The molecule has 0 unspecified atom stereocenters. The summed E-state index contributed by atoms with van der Waals surface area (Å²) in [6.07, 6.45) is -0.311. The van der Waals surface area contributed by atoms with E-state index in [4.69, 9.17) is 10.00 Å². The third kappa shape index (κ3) is 4.72. The van der Waals surface area contributed by atoms with Crippen LogP contribution >= 0.6 is 27.7 Å². The molecule has 0 N–H and O–H groups in total. The molecule has 0 aromatic heterocycles. The van der Waals surface area contributed by atoms with Gasteiger partial charge in [-0.15, -0.1) is 0 Å². The molecule has 1 rings (SSSR count). The topological polar surface area (TPSA) is 50.1 Å². The van der Waals surface area contributed by atoms with Gasteiger partial charge in [-0.3, -0.25) is 4.79 Å². The van der Waals surface area contributed by atoms with Gasteiger partial charge >= 0.3 is 11.5 Å². The number of hydrogen-bond donors (Lipinski definition) is 0. The molecule has 0 fully saturated rings. The van der Waals surface area contributed by atoms with E-state index in [1.54, 1.807) is 13.0 Å². The number of thioether (sulfide) groups is 1. The molecule has 0 atom stereocenters. The number of carbonyl (C=O) groups excluding carboxylic acids is 1. The molecular formula is C12H9BrF3NO2S. The summed E-state index contributed by atoms with van der Waals surface area (Å²) in [4.78, 5) is 11.1. The van der Waals surface area contributed by atoms with E-state index < -0.39 is 23.2 Å². The molecule has 0 bridgehead atoms. The molecule has 0 saturated carbocycles. The number of ether oxygens (including phenoxy) is 1. The second-order valence-corrected chi connectivity index (χ2v) is 5.48. The molecule has 8 heteroatoms. The maximum Gasteiger partial charge on any atom is 0.446 e. The Morgan fingerprint density at radius 3 is 2.65 bits per heavy atom. The number of esters is 1. The predicted octanol–water partition coefficient (Wildman–Crippen LogP) is 4.04. The second kappa shape index (κ2) is 6.99. The van der Waals surface area contributed by atoms with Gasteiger partial charge in [0.15, 0.2) is 0 Å². The van der Waals surface area contributed by atoms with Gasteiger partial charge in [-0.05, 0) is 46.2 Å². The Labute approximate surface area is 126 Å². The van der Waals surface area contributed by atoms with Crippen LogP contribution in [0.5, 0.6) is 0 Å². The number of rotatable bonds is 4. The van der Waals surface area contributed by atoms with Gasteiger partial charge in [0.25, 0.3) is 0 Å². The van der Waals surface area contributed by atoms with Crippen LogP contribution in [0.1, 0.15) is 18.1 Å². The third-order valence-corrected chi connectivity index (χ3v) is 3.72. The van der Waals surface area contributed by atoms with Crippen molar-refractivity contribution in [3.8, 4) is 6.07 Å². The minimum absolute atomic E-state index is 0.116. The highest BCUT2D eigenvalue weighted by Crippen LogP contribution is 2.42. The molecule has 0 aliphatic heterocycles.